The number of rotatable bonds is 8. The van der Waals surface area contributed by atoms with Crippen molar-refractivity contribution in [2.24, 2.45) is 0 Å². The van der Waals surface area contributed by atoms with E-state index in [0.29, 0.717) is 24.5 Å². The molecule has 0 spiro atoms. The van der Waals surface area contributed by atoms with E-state index in [1.165, 1.54) is 0 Å². The standard InChI is InChI=1S/C24H33NO6S2/c1-24(2,3)18-7-9-19(10-8-18)33(28,29)23-16-32(26,27)15-20(23)25-13-12-17-6-11-21(30-4)22(14-17)31-5/h6-11,14,20,23,25H,12-13,15-16H2,1-5H3/t20-,23-/m0/s1. The zero-order chi connectivity index (χ0) is 24.4. The lowest BCUT2D eigenvalue weighted by Crippen LogP contribution is -2.44. The molecule has 1 aliphatic heterocycles. The van der Waals surface area contributed by atoms with Crippen LogP contribution >= 0.6 is 0 Å². The van der Waals surface area contributed by atoms with Crippen molar-refractivity contribution < 1.29 is 26.3 Å². The second-order valence-electron chi connectivity index (χ2n) is 9.43. The molecular weight excluding hydrogens is 462 g/mol. The van der Waals surface area contributed by atoms with Crippen LogP contribution in [0.3, 0.4) is 0 Å². The Morgan fingerprint density at radius 2 is 1.61 bits per heavy atom. The van der Waals surface area contributed by atoms with Crippen molar-refractivity contribution >= 4 is 19.7 Å². The molecule has 33 heavy (non-hydrogen) atoms. The minimum absolute atomic E-state index is 0.104. The number of benzene rings is 2. The second kappa shape index (κ2) is 9.64. The molecule has 1 heterocycles. The van der Waals surface area contributed by atoms with Crippen molar-refractivity contribution in [3.05, 3.63) is 53.6 Å². The van der Waals surface area contributed by atoms with Gasteiger partial charge < -0.3 is 14.8 Å². The molecule has 1 saturated heterocycles. The van der Waals surface area contributed by atoms with Gasteiger partial charge in [-0.15, -0.1) is 0 Å². The summed E-state index contributed by atoms with van der Waals surface area (Å²) < 4.78 is 62.0. The lowest BCUT2D eigenvalue weighted by atomic mass is 9.87. The van der Waals surface area contributed by atoms with E-state index >= 15 is 0 Å². The van der Waals surface area contributed by atoms with E-state index in [1.807, 2.05) is 18.2 Å². The molecular formula is C24H33NO6S2. The van der Waals surface area contributed by atoms with Crippen LogP contribution in [0.2, 0.25) is 0 Å². The first kappa shape index (κ1) is 25.5. The van der Waals surface area contributed by atoms with Crippen molar-refractivity contribution in [3.8, 4) is 11.5 Å². The predicted octanol–water partition coefficient (Wildman–Crippen LogP) is 2.77. The van der Waals surface area contributed by atoms with Crippen LogP contribution in [0.1, 0.15) is 31.9 Å². The summed E-state index contributed by atoms with van der Waals surface area (Å²) in [6, 6.07) is 11.7. The Bertz CT molecular complexity index is 1180. The first-order valence-electron chi connectivity index (χ1n) is 10.9. The number of sulfone groups is 2. The molecule has 0 bridgehead atoms. The molecule has 0 saturated carbocycles. The highest BCUT2D eigenvalue weighted by Crippen LogP contribution is 2.30. The van der Waals surface area contributed by atoms with Gasteiger partial charge in [0.05, 0.1) is 35.9 Å². The molecule has 0 radical (unpaired) electrons. The van der Waals surface area contributed by atoms with E-state index < -0.39 is 31.0 Å². The third-order valence-corrected chi connectivity index (χ3v) is 10.2. The third kappa shape index (κ3) is 5.88. The van der Waals surface area contributed by atoms with Gasteiger partial charge >= 0.3 is 0 Å². The Hall–Kier alpha value is -2.10. The second-order valence-corrected chi connectivity index (χ2v) is 13.8. The molecule has 9 heteroatoms. The molecule has 0 aromatic heterocycles. The molecule has 0 aliphatic carbocycles. The zero-order valence-corrected chi connectivity index (χ0v) is 21.4. The molecule has 2 aromatic carbocycles. The normalized spacial score (nSPS) is 20.5. The van der Waals surface area contributed by atoms with Crippen LogP contribution in [-0.4, -0.2) is 60.4 Å². The fourth-order valence-electron chi connectivity index (χ4n) is 4.07. The number of ether oxygens (including phenoxy) is 2. The average Bonchev–Trinajstić information content (AvgIpc) is 3.08. The fraction of sp³-hybridized carbons (Fsp3) is 0.500. The van der Waals surface area contributed by atoms with Crippen molar-refractivity contribution in [2.45, 2.75) is 48.8 Å². The van der Waals surface area contributed by atoms with Gasteiger partial charge in [-0.25, -0.2) is 16.8 Å². The Balaban J connectivity index is 1.75. The Kier molecular flexibility index (Phi) is 7.45. The Morgan fingerprint density at radius 3 is 2.18 bits per heavy atom. The van der Waals surface area contributed by atoms with Crippen molar-refractivity contribution in [1.29, 1.82) is 0 Å². The van der Waals surface area contributed by atoms with Gasteiger partial charge in [0.25, 0.3) is 0 Å². The third-order valence-electron chi connectivity index (χ3n) is 6.02. The highest BCUT2D eigenvalue weighted by atomic mass is 32.2. The van der Waals surface area contributed by atoms with Crippen molar-refractivity contribution in [1.82, 2.24) is 5.32 Å². The summed E-state index contributed by atoms with van der Waals surface area (Å²) in [6.07, 6.45) is 0.587. The lowest BCUT2D eigenvalue weighted by molar-refractivity contribution is 0.354. The van der Waals surface area contributed by atoms with E-state index in [9.17, 15) is 16.8 Å². The van der Waals surface area contributed by atoms with Crippen LogP contribution in [-0.2, 0) is 31.5 Å². The highest BCUT2D eigenvalue weighted by molar-refractivity contribution is 7.96. The first-order valence-corrected chi connectivity index (χ1v) is 14.2. The fourth-order valence-corrected chi connectivity index (χ4v) is 8.79. The Morgan fingerprint density at radius 1 is 0.970 bits per heavy atom. The molecule has 1 aliphatic rings. The summed E-state index contributed by atoms with van der Waals surface area (Å²) in [5, 5.41) is 2.16. The maximum Gasteiger partial charge on any atom is 0.183 e. The van der Waals surface area contributed by atoms with E-state index in [-0.39, 0.29) is 21.8 Å². The molecule has 0 amide bonds. The van der Waals surface area contributed by atoms with E-state index in [0.717, 1.165) is 11.1 Å². The SMILES string of the molecule is COc1ccc(CCN[C@H]2CS(=O)(=O)C[C@@H]2S(=O)(=O)c2ccc(C(C)(C)C)cc2)cc1OC. The molecule has 1 fully saturated rings. The van der Waals surface area contributed by atoms with Crippen LogP contribution in [0.5, 0.6) is 11.5 Å². The summed E-state index contributed by atoms with van der Waals surface area (Å²) >= 11 is 0. The maximum atomic E-state index is 13.3. The Labute approximate surface area is 197 Å². The van der Waals surface area contributed by atoms with Gasteiger partial charge in [0.2, 0.25) is 0 Å². The average molecular weight is 496 g/mol. The van der Waals surface area contributed by atoms with E-state index in [4.69, 9.17) is 9.47 Å². The van der Waals surface area contributed by atoms with Gasteiger partial charge in [0.1, 0.15) is 0 Å². The highest BCUT2D eigenvalue weighted by Gasteiger charge is 2.45. The number of nitrogens with one attached hydrogen (secondary N) is 1. The molecule has 182 valence electrons. The first-order chi connectivity index (χ1) is 15.4. The topological polar surface area (TPSA) is 98.8 Å². The zero-order valence-electron chi connectivity index (χ0n) is 19.8. The molecule has 3 rings (SSSR count). The summed E-state index contributed by atoms with van der Waals surface area (Å²) in [5.41, 5.74) is 1.89. The molecule has 1 N–H and O–H groups in total. The van der Waals surface area contributed by atoms with Crippen molar-refractivity contribution in [2.75, 3.05) is 32.3 Å². The minimum Gasteiger partial charge on any atom is -0.493 e. The number of hydrogen-bond acceptors (Lipinski definition) is 7. The van der Waals surface area contributed by atoms with Gasteiger partial charge in [-0.2, -0.15) is 0 Å². The van der Waals surface area contributed by atoms with Gasteiger partial charge in [-0.3, -0.25) is 0 Å². The van der Waals surface area contributed by atoms with Gasteiger partial charge in [-0.1, -0.05) is 39.0 Å². The summed E-state index contributed by atoms with van der Waals surface area (Å²) in [7, 11) is -4.15. The summed E-state index contributed by atoms with van der Waals surface area (Å²) in [5.74, 6) is 0.671. The molecule has 7 nitrogen and oxygen atoms in total. The summed E-state index contributed by atoms with van der Waals surface area (Å²) in [6.45, 7) is 6.60. The number of hydrogen-bond donors (Lipinski definition) is 1. The van der Waals surface area contributed by atoms with Crippen LogP contribution in [0.15, 0.2) is 47.4 Å². The largest absolute Gasteiger partial charge is 0.493 e. The monoisotopic (exact) mass is 495 g/mol. The van der Waals surface area contributed by atoms with Crippen LogP contribution in [0.4, 0.5) is 0 Å². The van der Waals surface area contributed by atoms with Crippen LogP contribution in [0.25, 0.3) is 0 Å². The maximum absolute atomic E-state index is 13.3. The van der Waals surface area contributed by atoms with Gasteiger partial charge in [0.15, 0.2) is 31.2 Å². The molecule has 0 unspecified atom stereocenters. The van der Waals surface area contributed by atoms with Crippen molar-refractivity contribution in [3.63, 3.8) is 0 Å². The van der Waals surface area contributed by atoms with E-state index in [2.05, 4.69) is 26.1 Å². The van der Waals surface area contributed by atoms with Gasteiger partial charge in [0, 0.05) is 6.04 Å². The van der Waals surface area contributed by atoms with Gasteiger partial charge in [-0.05, 0) is 53.8 Å². The lowest BCUT2D eigenvalue weighted by Gasteiger charge is -2.22. The predicted molar refractivity (Wildman–Crippen MR) is 130 cm³/mol. The van der Waals surface area contributed by atoms with E-state index in [1.54, 1.807) is 38.5 Å². The molecule has 2 aromatic rings. The number of methoxy groups -OCH3 is 2. The summed E-state index contributed by atoms with van der Waals surface area (Å²) in [4.78, 5) is 0.157. The van der Waals surface area contributed by atoms with Crippen LogP contribution in [0, 0.1) is 0 Å². The smallest absolute Gasteiger partial charge is 0.183 e. The minimum atomic E-state index is -3.81. The molecule has 2 atom stereocenters. The van der Waals surface area contributed by atoms with Crippen LogP contribution < -0.4 is 14.8 Å². The quantitative estimate of drug-likeness (QED) is 0.601.